The van der Waals surface area contributed by atoms with E-state index in [1.54, 1.807) is 29.4 Å². The smallest absolute Gasteiger partial charge is 0.254 e. The third-order valence-corrected chi connectivity index (χ3v) is 3.89. The first-order chi connectivity index (χ1) is 10.7. The molecule has 1 aliphatic rings. The van der Waals surface area contributed by atoms with Gasteiger partial charge in [0, 0.05) is 50.7 Å². The Morgan fingerprint density at radius 2 is 1.82 bits per heavy atom. The van der Waals surface area contributed by atoms with Gasteiger partial charge in [-0.3, -0.25) is 14.7 Å². The molecule has 1 aromatic heterocycles. The van der Waals surface area contributed by atoms with Crippen molar-refractivity contribution in [1.29, 1.82) is 0 Å². The molecule has 2 aromatic rings. The van der Waals surface area contributed by atoms with Gasteiger partial charge in [0.1, 0.15) is 5.82 Å². The number of nitrogens with zero attached hydrogens (tertiary/aromatic N) is 3. The van der Waals surface area contributed by atoms with Crippen molar-refractivity contribution in [3.63, 3.8) is 0 Å². The lowest BCUT2D eigenvalue weighted by atomic mass is 10.1. The van der Waals surface area contributed by atoms with E-state index in [2.05, 4.69) is 9.88 Å². The van der Waals surface area contributed by atoms with Crippen molar-refractivity contribution in [2.24, 2.45) is 0 Å². The van der Waals surface area contributed by atoms with Gasteiger partial charge < -0.3 is 4.90 Å². The molecule has 0 atom stereocenters. The van der Waals surface area contributed by atoms with E-state index in [1.807, 2.05) is 12.1 Å². The summed E-state index contributed by atoms with van der Waals surface area (Å²) in [6.07, 6.45) is 3.58. The second kappa shape index (κ2) is 6.66. The predicted molar refractivity (Wildman–Crippen MR) is 81.8 cm³/mol. The molecule has 0 bridgehead atoms. The average molecular weight is 299 g/mol. The normalized spacial score (nSPS) is 15.8. The molecule has 0 unspecified atom stereocenters. The van der Waals surface area contributed by atoms with Crippen LogP contribution in [-0.4, -0.2) is 46.9 Å². The summed E-state index contributed by atoms with van der Waals surface area (Å²) < 4.78 is 13.2. The second-order valence-corrected chi connectivity index (χ2v) is 5.43. The van der Waals surface area contributed by atoms with Crippen LogP contribution >= 0.6 is 0 Å². The van der Waals surface area contributed by atoms with Crippen LogP contribution in [0.5, 0.6) is 0 Å². The molecular formula is C17H18FN3O. The zero-order valence-corrected chi connectivity index (χ0v) is 12.3. The Morgan fingerprint density at radius 1 is 1.09 bits per heavy atom. The summed E-state index contributed by atoms with van der Waals surface area (Å²) in [5, 5.41) is 0. The van der Waals surface area contributed by atoms with Gasteiger partial charge in [-0.15, -0.1) is 0 Å². The Labute approximate surface area is 129 Å². The van der Waals surface area contributed by atoms with Crippen molar-refractivity contribution < 1.29 is 9.18 Å². The van der Waals surface area contributed by atoms with Crippen LogP contribution < -0.4 is 0 Å². The highest BCUT2D eigenvalue weighted by molar-refractivity contribution is 5.94. The zero-order chi connectivity index (χ0) is 15.4. The van der Waals surface area contributed by atoms with Crippen LogP contribution in [0.25, 0.3) is 0 Å². The Balaban J connectivity index is 1.56. The molecule has 0 radical (unpaired) electrons. The van der Waals surface area contributed by atoms with Crippen LogP contribution in [0.4, 0.5) is 4.39 Å². The van der Waals surface area contributed by atoms with E-state index in [1.165, 1.54) is 17.7 Å². The average Bonchev–Trinajstić information content (AvgIpc) is 2.56. The van der Waals surface area contributed by atoms with E-state index in [9.17, 15) is 9.18 Å². The van der Waals surface area contributed by atoms with Gasteiger partial charge in [0.15, 0.2) is 0 Å². The number of aromatic nitrogens is 1. The fourth-order valence-electron chi connectivity index (χ4n) is 2.66. The first-order valence-electron chi connectivity index (χ1n) is 7.38. The van der Waals surface area contributed by atoms with Gasteiger partial charge in [-0.25, -0.2) is 4.39 Å². The van der Waals surface area contributed by atoms with E-state index in [4.69, 9.17) is 0 Å². The maximum atomic E-state index is 13.2. The zero-order valence-electron chi connectivity index (χ0n) is 12.3. The van der Waals surface area contributed by atoms with Crippen molar-refractivity contribution in [3.05, 3.63) is 65.7 Å². The molecule has 4 nitrogen and oxygen atoms in total. The number of amides is 1. The van der Waals surface area contributed by atoms with Crippen LogP contribution in [0.2, 0.25) is 0 Å². The molecule has 1 fully saturated rings. The number of piperazine rings is 1. The maximum Gasteiger partial charge on any atom is 0.254 e. The Hall–Kier alpha value is -2.27. The molecule has 5 heteroatoms. The summed E-state index contributed by atoms with van der Waals surface area (Å²) in [7, 11) is 0. The van der Waals surface area contributed by atoms with E-state index in [0.717, 1.165) is 19.6 Å². The standard InChI is InChI=1S/C17H18FN3O/c18-16-3-1-2-15(12-16)17(22)21-10-8-20(9-11-21)13-14-4-6-19-7-5-14/h1-7,12H,8-11,13H2. The molecule has 0 spiro atoms. The van der Waals surface area contributed by atoms with Crippen molar-refractivity contribution in [2.75, 3.05) is 26.2 Å². The maximum absolute atomic E-state index is 13.2. The van der Waals surface area contributed by atoms with Gasteiger partial charge in [-0.1, -0.05) is 6.07 Å². The third kappa shape index (κ3) is 3.49. The molecular weight excluding hydrogens is 281 g/mol. The fraction of sp³-hybridized carbons (Fsp3) is 0.294. The van der Waals surface area contributed by atoms with E-state index < -0.39 is 0 Å². The molecule has 1 saturated heterocycles. The Kier molecular flexibility index (Phi) is 4.44. The van der Waals surface area contributed by atoms with Gasteiger partial charge in [0.25, 0.3) is 5.91 Å². The summed E-state index contributed by atoms with van der Waals surface area (Å²) in [4.78, 5) is 20.5. The molecule has 0 saturated carbocycles. The lowest BCUT2D eigenvalue weighted by molar-refractivity contribution is 0.0628. The number of carbonyl (C=O) groups excluding carboxylic acids is 1. The number of hydrogen-bond acceptors (Lipinski definition) is 3. The lowest BCUT2D eigenvalue weighted by Gasteiger charge is -2.34. The first kappa shape index (κ1) is 14.7. The Morgan fingerprint density at radius 3 is 2.50 bits per heavy atom. The molecule has 114 valence electrons. The van der Waals surface area contributed by atoms with E-state index in [0.29, 0.717) is 18.7 Å². The van der Waals surface area contributed by atoms with Crippen molar-refractivity contribution >= 4 is 5.91 Å². The molecule has 0 aliphatic carbocycles. The first-order valence-corrected chi connectivity index (χ1v) is 7.38. The highest BCUT2D eigenvalue weighted by Crippen LogP contribution is 2.12. The number of pyridine rings is 1. The van der Waals surface area contributed by atoms with Gasteiger partial charge in [-0.2, -0.15) is 0 Å². The van der Waals surface area contributed by atoms with Crippen LogP contribution in [0, 0.1) is 5.82 Å². The minimum absolute atomic E-state index is 0.0944. The molecule has 22 heavy (non-hydrogen) atoms. The summed E-state index contributed by atoms with van der Waals surface area (Å²) in [5.74, 6) is -0.467. The molecule has 1 aromatic carbocycles. The number of benzene rings is 1. The van der Waals surface area contributed by atoms with Gasteiger partial charge >= 0.3 is 0 Å². The number of halogens is 1. The lowest BCUT2D eigenvalue weighted by Crippen LogP contribution is -2.48. The van der Waals surface area contributed by atoms with Crippen molar-refractivity contribution in [3.8, 4) is 0 Å². The van der Waals surface area contributed by atoms with Crippen molar-refractivity contribution in [2.45, 2.75) is 6.54 Å². The fourth-order valence-corrected chi connectivity index (χ4v) is 2.66. The molecule has 2 heterocycles. The van der Waals surface area contributed by atoms with E-state index in [-0.39, 0.29) is 11.7 Å². The molecule has 0 N–H and O–H groups in total. The van der Waals surface area contributed by atoms with Crippen molar-refractivity contribution in [1.82, 2.24) is 14.8 Å². The summed E-state index contributed by atoms with van der Waals surface area (Å²) in [5.41, 5.74) is 1.64. The van der Waals surface area contributed by atoms with Crippen LogP contribution in [-0.2, 0) is 6.54 Å². The topological polar surface area (TPSA) is 36.4 Å². The SMILES string of the molecule is O=C(c1cccc(F)c1)N1CCN(Cc2ccncc2)CC1. The summed E-state index contributed by atoms with van der Waals surface area (Å²) in [6, 6.07) is 9.89. The van der Waals surface area contributed by atoms with Gasteiger partial charge in [-0.05, 0) is 35.9 Å². The highest BCUT2D eigenvalue weighted by Gasteiger charge is 2.22. The summed E-state index contributed by atoms with van der Waals surface area (Å²) >= 11 is 0. The minimum atomic E-state index is -0.373. The summed E-state index contributed by atoms with van der Waals surface area (Å²) in [6.45, 7) is 3.85. The largest absolute Gasteiger partial charge is 0.336 e. The van der Waals surface area contributed by atoms with Gasteiger partial charge in [0.2, 0.25) is 0 Å². The molecule has 1 amide bonds. The van der Waals surface area contributed by atoms with Gasteiger partial charge in [0.05, 0.1) is 0 Å². The number of carbonyl (C=O) groups is 1. The van der Waals surface area contributed by atoms with Crippen LogP contribution in [0.1, 0.15) is 15.9 Å². The molecule has 3 rings (SSSR count). The minimum Gasteiger partial charge on any atom is -0.336 e. The predicted octanol–water partition coefficient (Wildman–Crippen LogP) is 2.18. The Bertz CT molecular complexity index is 639. The van der Waals surface area contributed by atoms with Crippen LogP contribution in [0.15, 0.2) is 48.8 Å². The number of rotatable bonds is 3. The second-order valence-electron chi connectivity index (χ2n) is 5.43. The van der Waals surface area contributed by atoms with Crippen LogP contribution in [0.3, 0.4) is 0 Å². The highest BCUT2D eigenvalue weighted by atomic mass is 19.1. The third-order valence-electron chi connectivity index (χ3n) is 3.89. The number of hydrogen-bond donors (Lipinski definition) is 0. The molecule has 1 aliphatic heterocycles. The quantitative estimate of drug-likeness (QED) is 0.871. The monoisotopic (exact) mass is 299 g/mol. The van der Waals surface area contributed by atoms with E-state index >= 15 is 0 Å².